The third-order valence-electron chi connectivity index (χ3n) is 7.70. The first-order chi connectivity index (χ1) is 19.6. The summed E-state index contributed by atoms with van der Waals surface area (Å²) in [7, 11) is -3.95. The molecule has 11 heteroatoms. The highest BCUT2D eigenvalue weighted by Crippen LogP contribution is 2.42. The second kappa shape index (κ2) is 10.3. The Morgan fingerprint density at radius 1 is 1.02 bits per heavy atom. The van der Waals surface area contributed by atoms with Crippen LogP contribution in [-0.4, -0.2) is 55.1 Å². The van der Waals surface area contributed by atoms with Crippen LogP contribution in [-0.2, 0) is 25.0 Å². The number of esters is 1. The quantitative estimate of drug-likeness (QED) is 0.326. The lowest BCUT2D eigenvalue weighted by Gasteiger charge is -2.33. The number of piperidine rings is 1. The maximum absolute atomic E-state index is 14.0. The smallest absolute Gasteiger partial charge is 0.302 e. The van der Waals surface area contributed by atoms with E-state index in [2.05, 4.69) is 20.2 Å². The van der Waals surface area contributed by atoms with Crippen molar-refractivity contribution in [3.63, 3.8) is 0 Å². The molecule has 0 bridgehead atoms. The number of anilines is 4. The minimum absolute atomic E-state index is 0.0214. The molecule has 0 aliphatic carbocycles. The third kappa shape index (κ3) is 5.17. The predicted octanol–water partition coefficient (Wildman–Crippen LogP) is 4.79. The van der Waals surface area contributed by atoms with Crippen LogP contribution in [0.1, 0.15) is 39.2 Å². The van der Waals surface area contributed by atoms with Crippen molar-refractivity contribution in [1.29, 1.82) is 0 Å². The van der Waals surface area contributed by atoms with Gasteiger partial charge in [0.25, 0.3) is 10.0 Å². The molecule has 2 aliphatic heterocycles. The minimum atomic E-state index is -3.95. The molecule has 6 rings (SSSR count). The highest BCUT2D eigenvalue weighted by molar-refractivity contribution is 7.93. The highest BCUT2D eigenvalue weighted by Gasteiger charge is 2.43. The molecule has 2 aromatic heterocycles. The van der Waals surface area contributed by atoms with E-state index >= 15 is 0 Å². The summed E-state index contributed by atoms with van der Waals surface area (Å²) in [6.07, 6.45) is 4.89. The van der Waals surface area contributed by atoms with Gasteiger partial charge in [-0.15, -0.1) is 0 Å². The first kappa shape index (κ1) is 26.9. The molecule has 1 saturated heterocycles. The van der Waals surface area contributed by atoms with E-state index in [1.165, 1.54) is 11.2 Å². The number of carbonyl (C=O) groups excluding carboxylic acids is 1. The van der Waals surface area contributed by atoms with Crippen LogP contribution in [0.15, 0.2) is 71.9 Å². The van der Waals surface area contributed by atoms with Crippen molar-refractivity contribution in [2.45, 2.75) is 50.0 Å². The van der Waals surface area contributed by atoms with Gasteiger partial charge in [0.2, 0.25) is 5.95 Å². The summed E-state index contributed by atoms with van der Waals surface area (Å²) in [6.45, 7) is 7.30. The Bertz CT molecular complexity index is 1710. The van der Waals surface area contributed by atoms with Crippen LogP contribution >= 0.6 is 0 Å². The van der Waals surface area contributed by atoms with E-state index in [1.54, 1.807) is 30.6 Å². The van der Waals surface area contributed by atoms with Gasteiger partial charge in [-0.3, -0.25) is 9.78 Å². The van der Waals surface area contributed by atoms with Crippen LogP contribution in [0.3, 0.4) is 0 Å². The van der Waals surface area contributed by atoms with Crippen LogP contribution in [0.25, 0.3) is 10.9 Å². The number of sulfonamides is 1. The fourth-order valence-corrected chi connectivity index (χ4v) is 7.34. The average Bonchev–Trinajstić information content (AvgIpc) is 3.24. The van der Waals surface area contributed by atoms with Gasteiger partial charge in [0.15, 0.2) is 5.82 Å². The van der Waals surface area contributed by atoms with Crippen molar-refractivity contribution >= 4 is 50.0 Å². The number of aromatic nitrogens is 3. The molecule has 0 spiro atoms. The van der Waals surface area contributed by atoms with Gasteiger partial charge in [0.05, 0.1) is 5.52 Å². The van der Waals surface area contributed by atoms with E-state index in [0.29, 0.717) is 17.3 Å². The summed E-state index contributed by atoms with van der Waals surface area (Å²) >= 11 is 0. The number of hydrogen-bond donors (Lipinski definition) is 1. The molecule has 1 N–H and O–H groups in total. The van der Waals surface area contributed by atoms with Crippen molar-refractivity contribution in [1.82, 2.24) is 15.0 Å². The van der Waals surface area contributed by atoms with Crippen LogP contribution in [0.5, 0.6) is 0 Å². The largest absolute Gasteiger partial charge is 0.462 e. The Morgan fingerprint density at radius 3 is 2.49 bits per heavy atom. The summed E-state index contributed by atoms with van der Waals surface area (Å²) in [5.74, 6) is 0.447. The predicted molar refractivity (Wildman–Crippen MR) is 158 cm³/mol. The molecule has 2 aromatic carbocycles. The van der Waals surface area contributed by atoms with Gasteiger partial charge in [-0.05, 0) is 36.4 Å². The number of rotatable bonds is 6. The normalized spacial score (nSPS) is 17.0. The van der Waals surface area contributed by atoms with Crippen molar-refractivity contribution in [2.75, 3.05) is 34.2 Å². The molecule has 0 amide bonds. The summed E-state index contributed by atoms with van der Waals surface area (Å²) < 4.78 is 34.7. The molecule has 41 heavy (non-hydrogen) atoms. The van der Waals surface area contributed by atoms with E-state index in [4.69, 9.17) is 9.72 Å². The van der Waals surface area contributed by atoms with Crippen molar-refractivity contribution in [3.05, 3.63) is 72.6 Å². The molecular formula is C30H32N6O4S. The topological polar surface area (TPSA) is 118 Å². The fourth-order valence-electron chi connectivity index (χ4n) is 5.57. The number of hydrogen-bond acceptors (Lipinski definition) is 9. The van der Waals surface area contributed by atoms with Gasteiger partial charge < -0.3 is 15.0 Å². The zero-order valence-corrected chi connectivity index (χ0v) is 24.1. The minimum Gasteiger partial charge on any atom is -0.462 e. The number of benzene rings is 2. The molecule has 4 heterocycles. The van der Waals surface area contributed by atoms with Gasteiger partial charge in [-0.2, -0.15) is 4.98 Å². The van der Waals surface area contributed by atoms with Gasteiger partial charge in [0.1, 0.15) is 11.0 Å². The Kier molecular flexibility index (Phi) is 6.77. The van der Waals surface area contributed by atoms with Crippen molar-refractivity contribution < 1.29 is 17.9 Å². The standard InChI is InChI=1S/C30H32N6O4S/c1-20(37)40-24-13-16-35(17-14-24)23-11-9-22(10-12-23)33-29-32-18-25-28(34-29)36(19-30(25,2)3)41(38,39)26-8-4-6-21-7-5-15-31-27(21)26/h4-12,15,18,24H,13-14,16-17,19H2,1-3H3,(H,32,33,34). The number of para-hydroxylation sites is 1. The molecule has 1 fully saturated rings. The Morgan fingerprint density at radius 2 is 1.76 bits per heavy atom. The Hall–Kier alpha value is -4.25. The lowest BCUT2D eigenvalue weighted by Crippen LogP contribution is -2.37. The molecule has 0 saturated carbocycles. The van der Waals surface area contributed by atoms with Gasteiger partial charge >= 0.3 is 5.97 Å². The SMILES string of the molecule is CC(=O)OC1CCN(c2ccc(Nc3ncc4c(n3)N(S(=O)(=O)c3cccc5cccnc35)CC4(C)C)cc2)CC1. The number of carbonyl (C=O) groups is 1. The van der Waals surface area contributed by atoms with E-state index in [9.17, 15) is 13.2 Å². The molecule has 0 atom stereocenters. The summed E-state index contributed by atoms with van der Waals surface area (Å²) in [6, 6.07) is 16.8. The first-order valence-electron chi connectivity index (χ1n) is 13.7. The monoisotopic (exact) mass is 572 g/mol. The summed E-state index contributed by atoms with van der Waals surface area (Å²) in [5, 5.41) is 3.99. The van der Waals surface area contributed by atoms with E-state index in [1.807, 2.05) is 50.2 Å². The maximum Gasteiger partial charge on any atom is 0.302 e. The maximum atomic E-state index is 14.0. The lowest BCUT2D eigenvalue weighted by molar-refractivity contribution is -0.147. The average molecular weight is 573 g/mol. The highest BCUT2D eigenvalue weighted by atomic mass is 32.2. The van der Waals surface area contributed by atoms with E-state index in [0.717, 1.165) is 48.3 Å². The van der Waals surface area contributed by atoms with Crippen LogP contribution in [0.4, 0.5) is 23.1 Å². The Labute approximate surface area is 239 Å². The second-order valence-corrected chi connectivity index (χ2v) is 13.0. The summed E-state index contributed by atoms with van der Waals surface area (Å²) in [4.78, 5) is 27.2. The number of nitrogens with one attached hydrogen (secondary N) is 1. The zero-order valence-electron chi connectivity index (χ0n) is 23.2. The number of pyridine rings is 1. The van der Waals surface area contributed by atoms with E-state index in [-0.39, 0.29) is 23.5 Å². The lowest BCUT2D eigenvalue weighted by atomic mass is 9.89. The molecule has 2 aliphatic rings. The number of ether oxygens (including phenoxy) is 1. The van der Waals surface area contributed by atoms with Gasteiger partial charge in [-0.25, -0.2) is 17.7 Å². The Balaban J connectivity index is 1.23. The zero-order chi connectivity index (χ0) is 28.8. The summed E-state index contributed by atoms with van der Waals surface area (Å²) in [5.41, 5.74) is 2.60. The number of nitrogens with zero attached hydrogens (tertiary/aromatic N) is 5. The van der Waals surface area contributed by atoms with E-state index < -0.39 is 15.4 Å². The first-order valence-corrected chi connectivity index (χ1v) is 15.1. The fraction of sp³-hybridized carbons (Fsp3) is 0.333. The van der Waals surface area contributed by atoms with Crippen LogP contribution in [0, 0.1) is 0 Å². The number of fused-ring (bicyclic) bond motifs is 2. The molecule has 212 valence electrons. The third-order valence-corrected chi connectivity index (χ3v) is 9.47. The molecule has 4 aromatic rings. The van der Waals surface area contributed by atoms with Crippen molar-refractivity contribution in [2.24, 2.45) is 0 Å². The van der Waals surface area contributed by atoms with Crippen molar-refractivity contribution in [3.8, 4) is 0 Å². The van der Waals surface area contributed by atoms with Gasteiger partial charge in [0, 0.05) is 79.5 Å². The van der Waals surface area contributed by atoms with Crippen LogP contribution in [0.2, 0.25) is 0 Å². The molecular weight excluding hydrogens is 540 g/mol. The van der Waals surface area contributed by atoms with Crippen LogP contribution < -0.4 is 14.5 Å². The molecule has 10 nitrogen and oxygen atoms in total. The molecule has 0 unspecified atom stereocenters. The second-order valence-electron chi connectivity index (χ2n) is 11.1. The van der Waals surface area contributed by atoms with Gasteiger partial charge in [-0.1, -0.05) is 32.0 Å². The molecule has 0 radical (unpaired) electrons.